The highest BCUT2D eigenvalue weighted by Crippen LogP contribution is 2.28. The van der Waals surface area contributed by atoms with Gasteiger partial charge in [0.2, 0.25) is 5.88 Å². The molecule has 1 aromatic heterocycles. The molecular formula is C9H7ClF3NO3. The number of alkyl halides is 3. The van der Waals surface area contributed by atoms with Crippen LogP contribution in [0.1, 0.15) is 17.3 Å². The van der Waals surface area contributed by atoms with Gasteiger partial charge < -0.3 is 9.47 Å². The van der Waals surface area contributed by atoms with Crippen LogP contribution in [-0.4, -0.2) is 23.9 Å². The highest BCUT2D eigenvalue weighted by Gasteiger charge is 2.33. The van der Waals surface area contributed by atoms with E-state index in [1.807, 2.05) is 0 Å². The Hall–Kier alpha value is -1.50. The lowest BCUT2D eigenvalue weighted by molar-refractivity contribution is -0.276. The third-order valence-corrected chi connectivity index (χ3v) is 1.80. The Morgan fingerprint density at radius 1 is 1.53 bits per heavy atom. The predicted molar refractivity (Wildman–Crippen MR) is 51.9 cm³/mol. The van der Waals surface area contributed by atoms with Gasteiger partial charge in [-0.15, -0.1) is 13.2 Å². The standard InChI is InChI=1S/C9H7ClF3NO3/c1-2-16-8(15)5-3-6(10)7(14-4-5)17-9(11,12)13/h3-4H,2H2,1H3. The van der Waals surface area contributed by atoms with Crippen LogP contribution in [0.5, 0.6) is 5.88 Å². The van der Waals surface area contributed by atoms with Crippen LogP contribution in [0.3, 0.4) is 0 Å². The van der Waals surface area contributed by atoms with Crippen LogP contribution < -0.4 is 4.74 Å². The highest BCUT2D eigenvalue weighted by atomic mass is 35.5. The van der Waals surface area contributed by atoms with Crippen molar-refractivity contribution in [2.24, 2.45) is 0 Å². The molecular weight excluding hydrogens is 263 g/mol. The van der Waals surface area contributed by atoms with Crippen LogP contribution in [0.2, 0.25) is 5.02 Å². The predicted octanol–water partition coefficient (Wildman–Crippen LogP) is 2.81. The van der Waals surface area contributed by atoms with Crippen molar-refractivity contribution in [1.82, 2.24) is 4.98 Å². The minimum Gasteiger partial charge on any atom is -0.462 e. The zero-order valence-electron chi connectivity index (χ0n) is 8.55. The molecule has 0 bridgehead atoms. The largest absolute Gasteiger partial charge is 0.574 e. The number of nitrogens with zero attached hydrogens (tertiary/aromatic N) is 1. The van der Waals surface area contributed by atoms with Crippen molar-refractivity contribution >= 4 is 17.6 Å². The molecule has 0 aromatic carbocycles. The fourth-order valence-electron chi connectivity index (χ4n) is 0.936. The normalized spacial score (nSPS) is 11.1. The highest BCUT2D eigenvalue weighted by molar-refractivity contribution is 6.32. The molecule has 0 unspecified atom stereocenters. The van der Waals surface area contributed by atoms with Gasteiger partial charge in [-0.1, -0.05) is 11.6 Å². The zero-order chi connectivity index (χ0) is 13.1. The fourth-order valence-corrected chi connectivity index (χ4v) is 1.14. The summed E-state index contributed by atoms with van der Waals surface area (Å²) in [5.74, 6) is -1.53. The second kappa shape index (κ2) is 5.22. The Morgan fingerprint density at radius 2 is 2.18 bits per heavy atom. The average Bonchev–Trinajstić information content (AvgIpc) is 2.19. The van der Waals surface area contributed by atoms with Crippen LogP contribution in [0.25, 0.3) is 0 Å². The van der Waals surface area contributed by atoms with Gasteiger partial charge in [0.25, 0.3) is 0 Å². The first-order chi connectivity index (χ1) is 7.83. The molecule has 1 aromatic rings. The molecule has 8 heteroatoms. The Bertz CT molecular complexity index is 422. The average molecular weight is 270 g/mol. The van der Waals surface area contributed by atoms with E-state index in [4.69, 9.17) is 11.6 Å². The van der Waals surface area contributed by atoms with E-state index >= 15 is 0 Å². The van der Waals surface area contributed by atoms with Crippen molar-refractivity contribution < 1.29 is 27.4 Å². The van der Waals surface area contributed by atoms with Gasteiger partial charge in [0.15, 0.2) is 0 Å². The number of rotatable bonds is 3. The van der Waals surface area contributed by atoms with E-state index in [1.165, 1.54) is 0 Å². The molecule has 4 nitrogen and oxygen atoms in total. The van der Waals surface area contributed by atoms with Crippen LogP contribution >= 0.6 is 11.6 Å². The molecule has 0 N–H and O–H groups in total. The minimum absolute atomic E-state index is 0.0497. The lowest BCUT2D eigenvalue weighted by Gasteiger charge is -2.09. The molecule has 0 saturated heterocycles. The number of carbonyl (C=O) groups is 1. The number of hydrogen-bond acceptors (Lipinski definition) is 4. The third-order valence-electron chi connectivity index (χ3n) is 1.53. The van der Waals surface area contributed by atoms with Crippen LogP contribution in [-0.2, 0) is 4.74 Å². The molecule has 0 aliphatic heterocycles. The topological polar surface area (TPSA) is 48.4 Å². The van der Waals surface area contributed by atoms with E-state index in [2.05, 4.69) is 14.5 Å². The monoisotopic (exact) mass is 269 g/mol. The van der Waals surface area contributed by atoms with E-state index in [0.717, 1.165) is 12.3 Å². The second-order valence-electron chi connectivity index (χ2n) is 2.78. The van der Waals surface area contributed by atoms with Crippen molar-refractivity contribution in [3.05, 3.63) is 22.8 Å². The van der Waals surface area contributed by atoms with E-state index < -0.39 is 23.2 Å². The van der Waals surface area contributed by atoms with Crippen molar-refractivity contribution in [2.45, 2.75) is 13.3 Å². The number of carbonyl (C=O) groups excluding carboxylic acids is 1. The van der Waals surface area contributed by atoms with E-state index in [-0.39, 0.29) is 12.2 Å². The van der Waals surface area contributed by atoms with E-state index in [9.17, 15) is 18.0 Å². The summed E-state index contributed by atoms with van der Waals surface area (Å²) in [5, 5.41) is -0.423. The molecule has 0 atom stereocenters. The van der Waals surface area contributed by atoms with E-state index in [1.54, 1.807) is 6.92 Å². The van der Waals surface area contributed by atoms with Crippen LogP contribution in [0, 0.1) is 0 Å². The second-order valence-corrected chi connectivity index (χ2v) is 3.19. The minimum atomic E-state index is -4.89. The summed E-state index contributed by atoms with van der Waals surface area (Å²) in [4.78, 5) is 14.5. The van der Waals surface area contributed by atoms with Crippen molar-refractivity contribution in [2.75, 3.05) is 6.61 Å². The zero-order valence-corrected chi connectivity index (χ0v) is 9.30. The van der Waals surface area contributed by atoms with Crippen LogP contribution in [0.15, 0.2) is 12.3 Å². The Morgan fingerprint density at radius 3 is 2.65 bits per heavy atom. The van der Waals surface area contributed by atoms with E-state index in [0.29, 0.717) is 0 Å². The fraction of sp³-hybridized carbons (Fsp3) is 0.333. The number of esters is 1. The van der Waals surface area contributed by atoms with Gasteiger partial charge in [0.1, 0.15) is 5.02 Å². The number of ether oxygens (including phenoxy) is 2. The summed E-state index contributed by atoms with van der Waals surface area (Å²) in [6.45, 7) is 1.73. The van der Waals surface area contributed by atoms with Crippen LogP contribution in [0.4, 0.5) is 13.2 Å². The summed E-state index contributed by atoms with van der Waals surface area (Å²) in [5.41, 5.74) is -0.0497. The smallest absolute Gasteiger partial charge is 0.462 e. The van der Waals surface area contributed by atoms with Gasteiger partial charge in [0, 0.05) is 6.20 Å². The quantitative estimate of drug-likeness (QED) is 0.792. The first-order valence-corrected chi connectivity index (χ1v) is 4.79. The summed E-state index contributed by atoms with van der Waals surface area (Å²) in [6.07, 6.45) is -3.99. The Labute approximate surface area is 99.3 Å². The summed E-state index contributed by atoms with van der Waals surface area (Å²) < 4.78 is 43.8. The maximum absolute atomic E-state index is 11.9. The molecule has 17 heavy (non-hydrogen) atoms. The van der Waals surface area contributed by atoms with Gasteiger partial charge in [-0.25, -0.2) is 9.78 Å². The molecule has 1 heterocycles. The van der Waals surface area contributed by atoms with Gasteiger partial charge in [-0.05, 0) is 13.0 Å². The van der Waals surface area contributed by atoms with Gasteiger partial charge in [0.05, 0.1) is 12.2 Å². The first kappa shape index (κ1) is 13.6. The molecule has 0 aliphatic carbocycles. The summed E-state index contributed by atoms with van der Waals surface area (Å²) in [7, 11) is 0. The van der Waals surface area contributed by atoms with Gasteiger partial charge in [-0.3, -0.25) is 0 Å². The Kier molecular flexibility index (Phi) is 4.17. The molecule has 0 radical (unpaired) electrons. The summed E-state index contributed by atoms with van der Waals surface area (Å²) >= 11 is 5.48. The molecule has 0 saturated carbocycles. The molecule has 0 fully saturated rings. The lowest BCUT2D eigenvalue weighted by Crippen LogP contribution is -2.18. The summed E-state index contributed by atoms with van der Waals surface area (Å²) in [6, 6.07) is 0.994. The first-order valence-electron chi connectivity index (χ1n) is 4.42. The maximum atomic E-state index is 11.9. The van der Waals surface area contributed by atoms with Crippen molar-refractivity contribution in [1.29, 1.82) is 0 Å². The molecule has 1 rings (SSSR count). The van der Waals surface area contributed by atoms with Crippen molar-refractivity contribution in [3.8, 4) is 5.88 Å². The number of halogens is 4. The number of pyridine rings is 1. The molecule has 0 aliphatic rings. The number of hydrogen-bond donors (Lipinski definition) is 0. The SMILES string of the molecule is CCOC(=O)c1cnc(OC(F)(F)F)c(Cl)c1. The molecule has 94 valence electrons. The van der Waals surface area contributed by atoms with Gasteiger partial charge >= 0.3 is 12.3 Å². The third kappa shape index (κ3) is 4.10. The molecule has 0 amide bonds. The van der Waals surface area contributed by atoms with Gasteiger partial charge in [-0.2, -0.15) is 0 Å². The Balaban J connectivity index is 2.90. The number of aromatic nitrogens is 1. The van der Waals surface area contributed by atoms with Crippen molar-refractivity contribution in [3.63, 3.8) is 0 Å². The lowest BCUT2D eigenvalue weighted by atomic mass is 10.3. The maximum Gasteiger partial charge on any atom is 0.574 e. The molecule has 0 spiro atoms.